The van der Waals surface area contributed by atoms with Crippen LogP contribution in [0.15, 0.2) is 41.5 Å². The SMILES string of the molecule is CCNC(=NCc1ccnc(N2CCCC2)c1)NCCc1ccc2c(c1)CCO2.I. The smallest absolute Gasteiger partial charge is 0.191 e. The first-order chi connectivity index (χ1) is 14.3. The van der Waals surface area contributed by atoms with Crippen molar-refractivity contribution in [2.75, 3.05) is 37.7 Å². The third-order valence-corrected chi connectivity index (χ3v) is 5.46. The van der Waals surface area contributed by atoms with E-state index in [2.05, 4.69) is 57.8 Å². The van der Waals surface area contributed by atoms with E-state index in [1.165, 1.54) is 29.5 Å². The van der Waals surface area contributed by atoms with Gasteiger partial charge in [-0.1, -0.05) is 12.1 Å². The van der Waals surface area contributed by atoms with E-state index >= 15 is 0 Å². The standard InChI is InChI=1S/C23H31N5O.HI/c1-2-24-23(26-11-7-18-5-6-21-20(15-18)9-14-29-21)27-17-19-8-10-25-22(16-19)28-12-3-4-13-28;/h5-6,8,10,15-16H,2-4,7,9,11-14,17H2,1H3,(H2,24,26,27);1H. The van der Waals surface area contributed by atoms with Crippen LogP contribution in [0.3, 0.4) is 0 Å². The zero-order valence-electron chi connectivity index (χ0n) is 17.7. The molecule has 2 aliphatic heterocycles. The Kier molecular flexibility index (Phi) is 8.60. The second-order valence-electron chi connectivity index (χ2n) is 7.63. The highest BCUT2D eigenvalue weighted by molar-refractivity contribution is 14.0. The number of nitrogens with zero attached hydrogens (tertiary/aromatic N) is 3. The van der Waals surface area contributed by atoms with Gasteiger partial charge in [0.05, 0.1) is 13.2 Å². The lowest BCUT2D eigenvalue weighted by Crippen LogP contribution is -2.38. The molecule has 4 rings (SSSR count). The summed E-state index contributed by atoms with van der Waals surface area (Å²) in [7, 11) is 0. The summed E-state index contributed by atoms with van der Waals surface area (Å²) in [5.74, 6) is 2.98. The predicted molar refractivity (Wildman–Crippen MR) is 133 cm³/mol. The number of halogens is 1. The molecule has 0 amide bonds. The third kappa shape index (κ3) is 6.00. The summed E-state index contributed by atoms with van der Waals surface area (Å²) < 4.78 is 5.59. The molecular formula is C23H32IN5O. The van der Waals surface area contributed by atoms with Crippen molar-refractivity contribution in [3.8, 4) is 5.75 Å². The van der Waals surface area contributed by atoms with Crippen molar-refractivity contribution >= 4 is 35.8 Å². The molecule has 1 saturated heterocycles. The van der Waals surface area contributed by atoms with Crippen LogP contribution in [0.4, 0.5) is 5.82 Å². The zero-order valence-corrected chi connectivity index (χ0v) is 20.0. The maximum absolute atomic E-state index is 5.59. The fraction of sp³-hybridized carbons (Fsp3) is 0.478. The Morgan fingerprint density at radius 1 is 1.13 bits per heavy atom. The molecule has 2 aliphatic rings. The molecule has 162 valence electrons. The molecule has 1 fully saturated rings. The summed E-state index contributed by atoms with van der Waals surface area (Å²) in [6.45, 7) is 7.46. The highest BCUT2D eigenvalue weighted by Gasteiger charge is 2.14. The van der Waals surface area contributed by atoms with Crippen LogP contribution in [0.5, 0.6) is 5.75 Å². The first-order valence-corrected chi connectivity index (χ1v) is 10.8. The minimum Gasteiger partial charge on any atom is -0.493 e. The molecule has 0 bridgehead atoms. The molecule has 2 N–H and O–H groups in total. The van der Waals surface area contributed by atoms with Crippen LogP contribution < -0.4 is 20.3 Å². The number of fused-ring (bicyclic) bond motifs is 1. The molecule has 2 aromatic rings. The molecule has 1 aromatic heterocycles. The highest BCUT2D eigenvalue weighted by Crippen LogP contribution is 2.25. The van der Waals surface area contributed by atoms with Gasteiger partial charge in [0.1, 0.15) is 11.6 Å². The van der Waals surface area contributed by atoms with Crippen LogP contribution in [0.2, 0.25) is 0 Å². The molecule has 6 nitrogen and oxygen atoms in total. The van der Waals surface area contributed by atoms with E-state index in [4.69, 9.17) is 9.73 Å². The van der Waals surface area contributed by atoms with E-state index in [1.807, 2.05) is 6.20 Å². The molecule has 3 heterocycles. The van der Waals surface area contributed by atoms with Crippen molar-refractivity contribution in [3.63, 3.8) is 0 Å². The summed E-state index contributed by atoms with van der Waals surface area (Å²) in [6, 6.07) is 10.8. The quantitative estimate of drug-likeness (QED) is 0.332. The number of benzene rings is 1. The Morgan fingerprint density at radius 2 is 2.00 bits per heavy atom. The van der Waals surface area contributed by atoms with Gasteiger partial charge in [-0.05, 0) is 61.1 Å². The second kappa shape index (κ2) is 11.4. The van der Waals surface area contributed by atoms with Crippen molar-refractivity contribution in [2.24, 2.45) is 4.99 Å². The van der Waals surface area contributed by atoms with Crippen molar-refractivity contribution < 1.29 is 4.74 Å². The Labute approximate surface area is 196 Å². The summed E-state index contributed by atoms with van der Waals surface area (Å²) in [6.07, 6.45) is 6.40. The average molecular weight is 521 g/mol. The Hall–Kier alpha value is -2.03. The number of ether oxygens (including phenoxy) is 1. The Balaban J connectivity index is 0.00000256. The van der Waals surface area contributed by atoms with Gasteiger partial charge in [0.15, 0.2) is 5.96 Å². The lowest BCUT2D eigenvalue weighted by atomic mass is 10.1. The van der Waals surface area contributed by atoms with Gasteiger partial charge in [-0.15, -0.1) is 24.0 Å². The number of nitrogens with one attached hydrogen (secondary N) is 2. The molecule has 0 radical (unpaired) electrons. The van der Waals surface area contributed by atoms with Crippen molar-refractivity contribution in [2.45, 2.75) is 39.2 Å². The number of hydrogen-bond acceptors (Lipinski definition) is 4. The summed E-state index contributed by atoms with van der Waals surface area (Å²) in [5, 5.41) is 6.80. The maximum Gasteiger partial charge on any atom is 0.191 e. The number of pyridine rings is 1. The lowest BCUT2D eigenvalue weighted by Gasteiger charge is -2.16. The monoisotopic (exact) mass is 521 g/mol. The van der Waals surface area contributed by atoms with Crippen LogP contribution in [0, 0.1) is 0 Å². The van der Waals surface area contributed by atoms with E-state index in [1.54, 1.807) is 0 Å². The first-order valence-electron chi connectivity index (χ1n) is 10.8. The van der Waals surface area contributed by atoms with E-state index < -0.39 is 0 Å². The molecule has 0 aliphatic carbocycles. The topological polar surface area (TPSA) is 61.8 Å². The molecule has 0 saturated carbocycles. The number of aromatic nitrogens is 1. The Bertz CT molecular complexity index is 851. The molecule has 30 heavy (non-hydrogen) atoms. The molecule has 1 aromatic carbocycles. The molecular weight excluding hydrogens is 489 g/mol. The molecule has 0 atom stereocenters. The number of rotatable bonds is 7. The maximum atomic E-state index is 5.59. The van der Waals surface area contributed by atoms with Gasteiger partial charge in [0.2, 0.25) is 0 Å². The largest absolute Gasteiger partial charge is 0.493 e. The van der Waals surface area contributed by atoms with Gasteiger partial charge >= 0.3 is 0 Å². The predicted octanol–water partition coefficient (Wildman–Crippen LogP) is 3.53. The third-order valence-electron chi connectivity index (χ3n) is 5.46. The minimum atomic E-state index is 0. The zero-order chi connectivity index (χ0) is 19.9. The van der Waals surface area contributed by atoms with E-state index in [-0.39, 0.29) is 24.0 Å². The fourth-order valence-electron chi connectivity index (χ4n) is 3.91. The van der Waals surface area contributed by atoms with Crippen molar-refractivity contribution in [1.82, 2.24) is 15.6 Å². The summed E-state index contributed by atoms with van der Waals surface area (Å²) in [5.41, 5.74) is 3.86. The van der Waals surface area contributed by atoms with Crippen molar-refractivity contribution in [1.29, 1.82) is 0 Å². The molecule has 7 heteroatoms. The number of aliphatic imine (C=N–C) groups is 1. The number of hydrogen-bond donors (Lipinski definition) is 2. The van der Waals surface area contributed by atoms with E-state index in [9.17, 15) is 0 Å². The lowest BCUT2D eigenvalue weighted by molar-refractivity contribution is 0.357. The van der Waals surface area contributed by atoms with Crippen LogP contribution in [0.25, 0.3) is 0 Å². The second-order valence-corrected chi connectivity index (χ2v) is 7.63. The van der Waals surface area contributed by atoms with Crippen molar-refractivity contribution in [3.05, 3.63) is 53.2 Å². The normalized spacial score (nSPS) is 15.4. The van der Waals surface area contributed by atoms with Gasteiger partial charge in [-0.2, -0.15) is 0 Å². The van der Waals surface area contributed by atoms with E-state index in [0.717, 1.165) is 63.2 Å². The van der Waals surface area contributed by atoms with Gasteiger partial charge in [0.25, 0.3) is 0 Å². The van der Waals surface area contributed by atoms with E-state index in [0.29, 0.717) is 6.54 Å². The van der Waals surface area contributed by atoms with Crippen LogP contribution in [-0.2, 0) is 19.4 Å². The molecule has 0 unspecified atom stereocenters. The van der Waals surface area contributed by atoms with Crippen LogP contribution in [0.1, 0.15) is 36.5 Å². The minimum absolute atomic E-state index is 0. The highest BCUT2D eigenvalue weighted by atomic mass is 127. The fourth-order valence-corrected chi connectivity index (χ4v) is 3.91. The van der Waals surface area contributed by atoms with Gasteiger partial charge < -0.3 is 20.3 Å². The molecule has 0 spiro atoms. The first kappa shape index (κ1) is 22.7. The van der Waals surface area contributed by atoms with Crippen LogP contribution in [-0.4, -0.2) is 43.7 Å². The number of anilines is 1. The number of guanidine groups is 1. The van der Waals surface area contributed by atoms with Gasteiger partial charge in [-0.3, -0.25) is 0 Å². The van der Waals surface area contributed by atoms with Crippen LogP contribution >= 0.6 is 24.0 Å². The average Bonchev–Trinajstić information content (AvgIpc) is 3.44. The summed E-state index contributed by atoms with van der Waals surface area (Å²) >= 11 is 0. The van der Waals surface area contributed by atoms with Gasteiger partial charge in [-0.25, -0.2) is 9.98 Å². The summed E-state index contributed by atoms with van der Waals surface area (Å²) in [4.78, 5) is 11.7. The van der Waals surface area contributed by atoms with Gasteiger partial charge in [0, 0.05) is 38.8 Å². The Morgan fingerprint density at radius 3 is 2.83 bits per heavy atom.